The Labute approximate surface area is 179 Å². The van der Waals surface area contributed by atoms with Gasteiger partial charge in [0.1, 0.15) is 0 Å². The molecule has 1 unspecified atom stereocenters. The van der Waals surface area contributed by atoms with Crippen molar-refractivity contribution in [3.05, 3.63) is 62.5 Å². The van der Waals surface area contributed by atoms with E-state index in [1.54, 1.807) is 12.1 Å². The summed E-state index contributed by atoms with van der Waals surface area (Å²) in [6.07, 6.45) is 0. The molecule has 27 heavy (non-hydrogen) atoms. The van der Waals surface area contributed by atoms with Crippen LogP contribution in [0.5, 0.6) is 0 Å². The minimum Gasteiger partial charge on any atom is -0.411 e. The second-order valence-corrected chi connectivity index (χ2v) is 8.29. The third kappa shape index (κ3) is 5.48. The van der Waals surface area contributed by atoms with Crippen molar-refractivity contribution in [1.29, 1.82) is 0 Å². The van der Waals surface area contributed by atoms with Gasteiger partial charge in [0.15, 0.2) is 0 Å². The summed E-state index contributed by atoms with van der Waals surface area (Å²) in [4.78, 5) is 12.2. The standard InChI is InChI=1S/C18H14BrCl2N3O2S/c1-10(12-4-7-14(20)15(21)8-12)22-16(25)9-27-18-24-23-17(26-18)11-2-5-13(19)6-3-11/h2-8,10H,9H2,1H3,(H,22,25). The predicted octanol–water partition coefficient (Wildman–Crippen LogP) is 5.78. The highest BCUT2D eigenvalue weighted by Crippen LogP contribution is 2.26. The lowest BCUT2D eigenvalue weighted by Crippen LogP contribution is -2.28. The van der Waals surface area contributed by atoms with Crippen molar-refractivity contribution in [2.75, 3.05) is 5.75 Å². The molecule has 0 saturated heterocycles. The van der Waals surface area contributed by atoms with E-state index in [2.05, 4.69) is 31.4 Å². The first-order valence-electron chi connectivity index (χ1n) is 7.89. The molecule has 9 heteroatoms. The normalized spacial score (nSPS) is 12.0. The van der Waals surface area contributed by atoms with Crippen molar-refractivity contribution in [3.8, 4) is 11.5 Å². The maximum atomic E-state index is 12.2. The van der Waals surface area contributed by atoms with Gasteiger partial charge in [-0.25, -0.2) is 0 Å². The maximum Gasteiger partial charge on any atom is 0.277 e. The first-order valence-corrected chi connectivity index (χ1v) is 10.4. The molecule has 1 N–H and O–H groups in total. The third-order valence-electron chi connectivity index (χ3n) is 3.65. The second-order valence-electron chi connectivity index (χ2n) is 5.63. The number of halogens is 3. The zero-order valence-electron chi connectivity index (χ0n) is 14.1. The Balaban J connectivity index is 1.54. The van der Waals surface area contributed by atoms with Crippen LogP contribution in [-0.2, 0) is 4.79 Å². The molecule has 0 fully saturated rings. The Morgan fingerprint density at radius 1 is 1.19 bits per heavy atom. The summed E-state index contributed by atoms with van der Waals surface area (Å²) < 4.78 is 6.56. The Morgan fingerprint density at radius 2 is 1.93 bits per heavy atom. The van der Waals surface area contributed by atoms with Crippen molar-refractivity contribution in [2.24, 2.45) is 0 Å². The molecule has 0 spiro atoms. The van der Waals surface area contributed by atoms with E-state index in [-0.39, 0.29) is 17.7 Å². The van der Waals surface area contributed by atoms with Crippen molar-refractivity contribution >= 4 is 56.8 Å². The van der Waals surface area contributed by atoms with Crippen LogP contribution >= 0.6 is 50.9 Å². The molecule has 3 aromatic rings. The zero-order valence-corrected chi connectivity index (χ0v) is 18.0. The minimum absolute atomic E-state index is 0.151. The minimum atomic E-state index is -0.200. The van der Waals surface area contributed by atoms with Gasteiger partial charge in [-0.3, -0.25) is 4.79 Å². The van der Waals surface area contributed by atoms with Gasteiger partial charge in [-0.05, 0) is 48.9 Å². The van der Waals surface area contributed by atoms with Crippen LogP contribution in [0.4, 0.5) is 0 Å². The van der Waals surface area contributed by atoms with Crippen molar-refractivity contribution in [2.45, 2.75) is 18.2 Å². The number of nitrogens with zero attached hydrogens (tertiary/aromatic N) is 2. The van der Waals surface area contributed by atoms with Gasteiger partial charge in [0.25, 0.3) is 5.22 Å². The number of benzene rings is 2. The Morgan fingerprint density at radius 3 is 2.63 bits per heavy atom. The molecular weight excluding hydrogens is 473 g/mol. The summed E-state index contributed by atoms with van der Waals surface area (Å²) in [5.41, 5.74) is 1.69. The van der Waals surface area contributed by atoms with Gasteiger partial charge in [0, 0.05) is 10.0 Å². The molecule has 0 aliphatic heterocycles. The molecule has 0 saturated carbocycles. The van der Waals surface area contributed by atoms with Crippen LogP contribution in [0.3, 0.4) is 0 Å². The number of hydrogen-bond acceptors (Lipinski definition) is 5. The van der Waals surface area contributed by atoms with E-state index in [4.69, 9.17) is 27.6 Å². The number of carbonyl (C=O) groups excluding carboxylic acids is 1. The second kappa shape index (κ2) is 9.10. The van der Waals surface area contributed by atoms with Crippen molar-refractivity contribution < 1.29 is 9.21 Å². The monoisotopic (exact) mass is 485 g/mol. The van der Waals surface area contributed by atoms with Gasteiger partial charge in [-0.2, -0.15) is 0 Å². The van der Waals surface area contributed by atoms with Gasteiger partial charge in [0.2, 0.25) is 11.8 Å². The highest BCUT2D eigenvalue weighted by molar-refractivity contribution is 9.10. The Hall–Kier alpha value is -1.54. The number of amides is 1. The van der Waals surface area contributed by atoms with E-state index in [1.807, 2.05) is 37.3 Å². The molecule has 0 bridgehead atoms. The number of rotatable bonds is 6. The maximum absolute atomic E-state index is 12.2. The van der Waals surface area contributed by atoms with Gasteiger partial charge < -0.3 is 9.73 Å². The predicted molar refractivity (Wildman–Crippen MR) is 111 cm³/mol. The Kier molecular flexibility index (Phi) is 6.81. The fourth-order valence-corrected chi connectivity index (χ4v) is 3.40. The van der Waals surface area contributed by atoms with Crippen LogP contribution in [0.2, 0.25) is 10.0 Å². The fourth-order valence-electron chi connectivity index (χ4n) is 2.25. The molecule has 0 aliphatic carbocycles. The lowest BCUT2D eigenvalue weighted by atomic mass is 10.1. The molecule has 0 radical (unpaired) electrons. The summed E-state index contributed by atoms with van der Waals surface area (Å²) in [5.74, 6) is 0.421. The lowest BCUT2D eigenvalue weighted by Gasteiger charge is -2.14. The van der Waals surface area contributed by atoms with Crippen LogP contribution < -0.4 is 5.32 Å². The van der Waals surface area contributed by atoms with E-state index < -0.39 is 0 Å². The molecule has 2 aromatic carbocycles. The fraction of sp³-hybridized carbons (Fsp3) is 0.167. The van der Waals surface area contributed by atoms with Crippen LogP contribution in [0.25, 0.3) is 11.5 Å². The van der Waals surface area contributed by atoms with Crippen LogP contribution in [0.1, 0.15) is 18.5 Å². The highest BCUT2D eigenvalue weighted by atomic mass is 79.9. The Bertz CT molecular complexity index is 950. The van der Waals surface area contributed by atoms with Crippen LogP contribution in [0, 0.1) is 0 Å². The smallest absolute Gasteiger partial charge is 0.277 e. The first-order chi connectivity index (χ1) is 12.9. The third-order valence-corrected chi connectivity index (χ3v) is 5.73. The number of thioether (sulfide) groups is 1. The topological polar surface area (TPSA) is 68.0 Å². The summed E-state index contributed by atoms with van der Waals surface area (Å²) in [6, 6.07) is 12.6. The average Bonchev–Trinajstić information content (AvgIpc) is 3.12. The van der Waals surface area contributed by atoms with E-state index in [0.29, 0.717) is 21.2 Å². The highest BCUT2D eigenvalue weighted by Gasteiger charge is 2.14. The quantitative estimate of drug-likeness (QED) is 0.447. The van der Waals surface area contributed by atoms with E-state index in [9.17, 15) is 4.79 Å². The number of nitrogens with one attached hydrogen (secondary N) is 1. The SMILES string of the molecule is CC(NC(=O)CSc1nnc(-c2ccc(Br)cc2)o1)c1ccc(Cl)c(Cl)c1. The summed E-state index contributed by atoms with van der Waals surface area (Å²) in [6.45, 7) is 1.88. The van der Waals surface area contributed by atoms with Gasteiger partial charge in [0.05, 0.1) is 21.8 Å². The molecule has 1 aromatic heterocycles. The lowest BCUT2D eigenvalue weighted by molar-refractivity contribution is -0.119. The largest absolute Gasteiger partial charge is 0.411 e. The summed E-state index contributed by atoms with van der Waals surface area (Å²) in [5, 5.41) is 12.2. The molecule has 1 heterocycles. The van der Waals surface area contributed by atoms with E-state index in [0.717, 1.165) is 15.6 Å². The average molecular weight is 487 g/mol. The van der Waals surface area contributed by atoms with Crippen LogP contribution in [0.15, 0.2) is 56.6 Å². The molecule has 140 valence electrons. The van der Waals surface area contributed by atoms with Crippen LogP contribution in [-0.4, -0.2) is 21.9 Å². The number of aromatic nitrogens is 2. The van der Waals surface area contributed by atoms with Crippen molar-refractivity contribution in [3.63, 3.8) is 0 Å². The van der Waals surface area contributed by atoms with Gasteiger partial charge in [-0.1, -0.05) is 57.0 Å². The molecule has 1 amide bonds. The molecule has 5 nitrogen and oxygen atoms in total. The first kappa shape index (κ1) is 20.2. The zero-order chi connectivity index (χ0) is 19.4. The molecule has 3 rings (SSSR count). The molecular formula is C18H14BrCl2N3O2S. The number of carbonyl (C=O) groups is 1. The van der Waals surface area contributed by atoms with E-state index in [1.165, 1.54) is 11.8 Å². The molecule has 0 aliphatic rings. The van der Waals surface area contributed by atoms with Crippen molar-refractivity contribution in [1.82, 2.24) is 15.5 Å². The molecule has 1 atom stereocenters. The van der Waals surface area contributed by atoms with Gasteiger partial charge >= 0.3 is 0 Å². The number of hydrogen-bond donors (Lipinski definition) is 1. The summed E-state index contributed by atoms with van der Waals surface area (Å²) in [7, 11) is 0. The van der Waals surface area contributed by atoms with Gasteiger partial charge in [-0.15, -0.1) is 10.2 Å². The summed E-state index contributed by atoms with van der Waals surface area (Å²) >= 11 is 16.5. The van der Waals surface area contributed by atoms with E-state index >= 15 is 0 Å².